The van der Waals surface area contributed by atoms with Crippen LogP contribution in [0.1, 0.15) is 6.42 Å². The van der Waals surface area contributed by atoms with Gasteiger partial charge >= 0.3 is 6.09 Å². The van der Waals surface area contributed by atoms with Gasteiger partial charge in [0.05, 0.1) is 6.54 Å². The zero-order valence-corrected chi connectivity index (χ0v) is 10.9. The van der Waals surface area contributed by atoms with E-state index < -0.39 is 0 Å². The average Bonchev–Trinajstić information content (AvgIpc) is 2.87. The van der Waals surface area contributed by atoms with Crippen molar-refractivity contribution in [1.82, 2.24) is 5.32 Å². The van der Waals surface area contributed by atoms with Gasteiger partial charge in [0.15, 0.2) is 0 Å². The van der Waals surface area contributed by atoms with Crippen LogP contribution in [0.4, 0.5) is 10.5 Å². The van der Waals surface area contributed by atoms with Gasteiger partial charge in [0, 0.05) is 23.1 Å². The van der Waals surface area contributed by atoms with E-state index in [1.165, 1.54) is 0 Å². The zero-order chi connectivity index (χ0) is 11.9. The number of halogens is 1. The highest BCUT2D eigenvalue weighted by molar-refractivity contribution is 9.10. The topological polar surface area (TPSA) is 41.6 Å². The fraction of sp³-hybridized carbons (Fsp3) is 0.417. The van der Waals surface area contributed by atoms with Gasteiger partial charge < -0.3 is 10.1 Å². The van der Waals surface area contributed by atoms with E-state index in [0.29, 0.717) is 6.54 Å². The molecular weight excluding hydrogens is 284 g/mol. The largest absolute Gasteiger partial charge is 0.439 e. The van der Waals surface area contributed by atoms with Crippen molar-refractivity contribution in [2.75, 3.05) is 24.5 Å². The van der Waals surface area contributed by atoms with Crippen LogP contribution in [-0.4, -0.2) is 31.3 Å². The quantitative estimate of drug-likeness (QED) is 0.863. The number of hydrogen-bond acceptors (Lipinski definition) is 3. The molecule has 1 amide bonds. The molecule has 0 aliphatic carbocycles. The molecule has 0 aromatic heterocycles. The van der Waals surface area contributed by atoms with Crippen molar-refractivity contribution in [2.24, 2.45) is 0 Å². The summed E-state index contributed by atoms with van der Waals surface area (Å²) in [5, 5.41) is 3.25. The third-order valence-electron chi connectivity index (χ3n) is 3.29. The molecule has 90 valence electrons. The second kappa shape index (κ2) is 3.99. The average molecular weight is 297 g/mol. The Morgan fingerprint density at radius 3 is 3.06 bits per heavy atom. The Labute approximate surface area is 108 Å². The highest BCUT2D eigenvalue weighted by Gasteiger charge is 2.47. The van der Waals surface area contributed by atoms with Crippen molar-refractivity contribution < 1.29 is 9.53 Å². The SMILES string of the molecule is O=C1OC2(CCNC2)CN1c1cccc(Br)c1. The molecule has 0 radical (unpaired) electrons. The number of carbonyl (C=O) groups excluding carboxylic acids is 1. The molecular formula is C12H13BrN2O2. The maximum atomic E-state index is 11.9. The monoisotopic (exact) mass is 296 g/mol. The molecule has 0 bridgehead atoms. The Kier molecular flexibility index (Phi) is 2.60. The van der Waals surface area contributed by atoms with Crippen LogP contribution in [0.25, 0.3) is 0 Å². The van der Waals surface area contributed by atoms with Gasteiger partial charge in [-0.1, -0.05) is 22.0 Å². The summed E-state index contributed by atoms with van der Waals surface area (Å²) in [6.45, 7) is 2.30. The summed E-state index contributed by atoms with van der Waals surface area (Å²) < 4.78 is 6.49. The number of benzene rings is 1. The Bertz CT molecular complexity index is 458. The fourth-order valence-corrected chi connectivity index (χ4v) is 2.80. The molecule has 2 fully saturated rings. The van der Waals surface area contributed by atoms with Crippen molar-refractivity contribution in [2.45, 2.75) is 12.0 Å². The van der Waals surface area contributed by atoms with Crippen LogP contribution in [0.3, 0.4) is 0 Å². The minimum Gasteiger partial charge on any atom is -0.439 e. The van der Waals surface area contributed by atoms with Crippen molar-refractivity contribution in [3.8, 4) is 0 Å². The summed E-state index contributed by atoms with van der Waals surface area (Å²) in [5.74, 6) is 0. The lowest BCUT2D eigenvalue weighted by atomic mass is 10.0. The van der Waals surface area contributed by atoms with Crippen LogP contribution in [-0.2, 0) is 4.74 Å². The van der Waals surface area contributed by atoms with Gasteiger partial charge in [-0.3, -0.25) is 4.90 Å². The van der Waals surface area contributed by atoms with Crippen molar-refractivity contribution in [3.05, 3.63) is 28.7 Å². The minimum atomic E-state index is -0.320. The molecule has 2 heterocycles. The first-order chi connectivity index (χ1) is 8.19. The molecule has 1 spiro atoms. The maximum Gasteiger partial charge on any atom is 0.415 e. The van der Waals surface area contributed by atoms with Gasteiger partial charge in [0.2, 0.25) is 0 Å². The predicted octanol–water partition coefficient (Wildman–Crippen LogP) is 2.14. The molecule has 1 atom stereocenters. The van der Waals surface area contributed by atoms with E-state index >= 15 is 0 Å². The van der Waals surface area contributed by atoms with E-state index in [0.717, 1.165) is 29.7 Å². The molecule has 2 saturated heterocycles. The Morgan fingerprint density at radius 1 is 1.47 bits per heavy atom. The maximum absolute atomic E-state index is 11.9. The molecule has 1 aromatic carbocycles. The Balaban J connectivity index is 1.87. The molecule has 4 nitrogen and oxygen atoms in total. The van der Waals surface area contributed by atoms with Gasteiger partial charge in [-0.05, 0) is 24.7 Å². The number of ether oxygens (including phenoxy) is 1. The molecule has 17 heavy (non-hydrogen) atoms. The van der Waals surface area contributed by atoms with Crippen LogP contribution in [0.2, 0.25) is 0 Å². The normalized spacial score (nSPS) is 27.8. The highest BCUT2D eigenvalue weighted by Crippen LogP contribution is 2.32. The first-order valence-corrected chi connectivity index (χ1v) is 6.45. The lowest BCUT2D eigenvalue weighted by Crippen LogP contribution is -2.36. The predicted molar refractivity (Wildman–Crippen MR) is 68.2 cm³/mol. The van der Waals surface area contributed by atoms with E-state index in [1.807, 2.05) is 24.3 Å². The molecule has 3 rings (SSSR count). The summed E-state index contributed by atoms with van der Waals surface area (Å²) in [5.41, 5.74) is 0.563. The summed E-state index contributed by atoms with van der Waals surface area (Å²) in [4.78, 5) is 13.6. The Morgan fingerprint density at radius 2 is 2.35 bits per heavy atom. The van der Waals surface area contributed by atoms with Crippen LogP contribution >= 0.6 is 15.9 Å². The van der Waals surface area contributed by atoms with Crippen LogP contribution in [0.15, 0.2) is 28.7 Å². The number of anilines is 1. The second-order valence-electron chi connectivity index (χ2n) is 4.54. The molecule has 1 N–H and O–H groups in total. The third-order valence-corrected chi connectivity index (χ3v) is 3.79. The van der Waals surface area contributed by atoms with Gasteiger partial charge in [0.25, 0.3) is 0 Å². The fourth-order valence-electron chi connectivity index (χ4n) is 2.41. The third kappa shape index (κ3) is 1.93. The molecule has 2 aliphatic heterocycles. The van der Waals surface area contributed by atoms with Gasteiger partial charge in [0.1, 0.15) is 5.60 Å². The van der Waals surface area contributed by atoms with Gasteiger partial charge in [-0.25, -0.2) is 4.79 Å². The smallest absolute Gasteiger partial charge is 0.415 e. The van der Waals surface area contributed by atoms with Crippen molar-refractivity contribution >= 4 is 27.7 Å². The second-order valence-corrected chi connectivity index (χ2v) is 5.46. The van der Waals surface area contributed by atoms with E-state index in [9.17, 15) is 4.79 Å². The summed E-state index contributed by atoms with van der Waals surface area (Å²) in [6, 6.07) is 7.72. The Hall–Kier alpha value is -1.07. The van der Waals surface area contributed by atoms with Crippen LogP contribution in [0, 0.1) is 0 Å². The summed E-state index contributed by atoms with van der Waals surface area (Å²) >= 11 is 3.41. The molecule has 2 aliphatic rings. The van der Waals surface area contributed by atoms with Gasteiger partial charge in [-0.2, -0.15) is 0 Å². The van der Waals surface area contributed by atoms with Gasteiger partial charge in [-0.15, -0.1) is 0 Å². The van der Waals surface area contributed by atoms with E-state index in [4.69, 9.17) is 4.74 Å². The lowest BCUT2D eigenvalue weighted by Gasteiger charge is -2.19. The number of nitrogens with one attached hydrogen (secondary N) is 1. The lowest BCUT2D eigenvalue weighted by molar-refractivity contribution is 0.0733. The summed E-state index contributed by atoms with van der Waals surface area (Å²) in [7, 11) is 0. The van der Waals surface area contributed by atoms with E-state index in [-0.39, 0.29) is 11.7 Å². The standard InChI is InChI=1S/C12H13BrN2O2/c13-9-2-1-3-10(6-9)15-8-12(17-11(15)16)4-5-14-7-12/h1-3,6,14H,4-5,7-8H2. The first kappa shape index (κ1) is 11.0. The molecule has 5 heteroatoms. The zero-order valence-electron chi connectivity index (χ0n) is 9.28. The van der Waals surface area contributed by atoms with E-state index in [1.54, 1.807) is 4.90 Å². The van der Waals surface area contributed by atoms with Crippen LogP contribution in [0.5, 0.6) is 0 Å². The van der Waals surface area contributed by atoms with Crippen molar-refractivity contribution in [1.29, 1.82) is 0 Å². The number of hydrogen-bond donors (Lipinski definition) is 1. The number of rotatable bonds is 1. The molecule has 0 saturated carbocycles. The van der Waals surface area contributed by atoms with Crippen LogP contribution < -0.4 is 10.2 Å². The highest BCUT2D eigenvalue weighted by atomic mass is 79.9. The number of amides is 1. The summed E-state index contributed by atoms with van der Waals surface area (Å²) in [6.07, 6.45) is 0.648. The van der Waals surface area contributed by atoms with Crippen molar-refractivity contribution in [3.63, 3.8) is 0 Å². The first-order valence-electron chi connectivity index (χ1n) is 5.65. The molecule has 1 aromatic rings. The minimum absolute atomic E-state index is 0.244. The number of nitrogens with zero attached hydrogens (tertiary/aromatic N) is 1. The van der Waals surface area contributed by atoms with E-state index in [2.05, 4.69) is 21.2 Å². The number of carbonyl (C=O) groups is 1. The molecule has 1 unspecified atom stereocenters.